The fraction of sp³-hybridized carbons (Fsp3) is 0.529. The molecule has 1 aliphatic carbocycles. The van der Waals surface area contributed by atoms with E-state index in [2.05, 4.69) is 12.0 Å². The van der Waals surface area contributed by atoms with Crippen LogP contribution in [0.2, 0.25) is 0 Å². The number of amides is 1. The number of hydrogen-bond donors (Lipinski definition) is 0. The monoisotopic (exact) mass is 286 g/mol. The molecule has 0 N–H and O–H groups in total. The largest absolute Gasteiger partial charge is 0.447 e. The average Bonchev–Trinajstić information content (AvgIpc) is 2.67. The Labute approximate surface area is 125 Å². The maximum absolute atomic E-state index is 12.0. The van der Waals surface area contributed by atoms with Crippen molar-refractivity contribution in [3.05, 3.63) is 35.4 Å². The Morgan fingerprint density at radius 3 is 2.33 bits per heavy atom. The topological polar surface area (TPSA) is 41.9 Å². The third-order valence-electron chi connectivity index (χ3n) is 4.35. The van der Waals surface area contributed by atoms with Crippen molar-refractivity contribution in [3.63, 3.8) is 0 Å². The van der Waals surface area contributed by atoms with Gasteiger partial charge in [-0.2, -0.15) is 5.01 Å². The second kappa shape index (κ2) is 5.51. The molecular formula is C17H22N2O2. The summed E-state index contributed by atoms with van der Waals surface area (Å²) in [6.45, 7) is 3.62. The first kappa shape index (κ1) is 14.1. The summed E-state index contributed by atoms with van der Waals surface area (Å²) in [5.41, 5.74) is 1.58. The maximum atomic E-state index is 12.0. The van der Waals surface area contributed by atoms with E-state index in [1.165, 1.54) is 18.4 Å². The van der Waals surface area contributed by atoms with Crippen molar-refractivity contribution in [1.29, 1.82) is 0 Å². The molecule has 0 atom stereocenters. The van der Waals surface area contributed by atoms with Crippen molar-refractivity contribution in [2.24, 2.45) is 5.10 Å². The zero-order chi connectivity index (χ0) is 14.9. The summed E-state index contributed by atoms with van der Waals surface area (Å²) in [5.74, 6) is 0.533. The van der Waals surface area contributed by atoms with E-state index in [0.29, 0.717) is 5.90 Å². The number of hydrazone groups is 1. The summed E-state index contributed by atoms with van der Waals surface area (Å²) in [6.07, 6.45) is 6.31. The molecule has 21 heavy (non-hydrogen) atoms. The molecule has 4 nitrogen and oxygen atoms in total. The Kier molecular flexibility index (Phi) is 3.70. The van der Waals surface area contributed by atoms with Crippen molar-refractivity contribution < 1.29 is 9.53 Å². The molecule has 0 unspecified atom stereocenters. The van der Waals surface area contributed by atoms with Crippen LogP contribution in [0.4, 0.5) is 0 Å². The lowest BCUT2D eigenvalue weighted by atomic mass is 10.0. The van der Waals surface area contributed by atoms with Crippen LogP contribution < -0.4 is 0 Å². The number of nitrogens with zero attached hydrogens (tertiary/aromatic N) is 2. The molecule has 0 bridgehead atoms. The molecule has 1 spiro atoms. The summed E-state index contributed by atoms with van der Waals surface area (Å²) in [7, 11) is 0. The highest BCUT2D eigenvalue weighted by molar-refractivity contribution is 5.96. The molecule has 0 saturated heterocycles. The first-order valence-electron chi connectivity index (χ1n) is 7.76. The van der Waals surface area contributed by atoms with Crippen LogP contribution in [-0.4, -0.2) is 22.5 Å². The smallest absolute Gasteiger partial charge is 0.243 e. The summed E-state index contributed by atoms with van der Waals surface area (Å²) in [6, 6.07) is 8.08. The predicted octanol–water partition coefficient (Wildman–Crippen LogP) is 3.59. The predicted molar refractivity (Wildman–Crippen MR) is 81.8 cm³/mol. The average molecular weight is 286 g/mol. The van der Waals surface area contributed by atoms with E-state index in [-0.39, 0.29) is 5.91 Å². The number of hydrogen-bond acceptors (Lipinski definition) is 3. The fourth-order valence-corrected chi connectivity index (χ4v) is 3.19. The van der Waals surface area contributed by atoms with Crippen molar-refractivity contribution in [2.45, 2.75) is 58.1 Å². The van der Waals surface area contributed by atoms with Crippen LogP contribution in [0.25, 0.3) is 0 Å². The van der Waals surface area contributed by atoms with Crippen LogP contribution in [0.1, 0.15) is 56.6 Å². The summed E-state index contributed by atoms with van der Waals surface area (Å²) in [4.78, 5) is 12.0. The molecule has 1 saturated carbocycles. The summed E-state index contributed by atoms with van der Waals surface area (Å²) < 4.78 is 6.22. The van der Waals surface area contributed by atoms with Gasteiger partial charge in [0.25, 0.3) is 0 Å². The number of ether oxygens (including phenoxy) is 1. The first-order valence-corrected chi connectivity index (χ1v) is 7.76. The van der Waals surface area contributed by atoms with Gasteiger partial charge < -0.3 is 4.74 Å². The fourth-order valence-electron chi connectivity index (χ4n) is 3.19. The summed E-state index contributed by atoms with van der Waals surface area (Å²) in [5, 5.41) is 6.06. The van der Waals surface area contributed by atoms with E-state index >= 15 is 0 Å². The van der Waals surface area contributed by atoms with Crippen LogP contribution in [0.3, 0.4) is 0 Å². The highest BCUT2D eigenvalue weighted by Gasteiger charge is 2.46. The Bertz CT molecular complexity index is 555. The molecule has 4 heteroatoms. The number of carbonyl (C=O) groups excluding carboxylic acids is 1. The molecular weight excluding hydrogens is 264 g/mol. The number of aryl methyl sites for hydroxylation is 1. The second-order valence-electron chi connectivity index (χ2n) is 6.06. The molecule has 2 aliphatic rings. The Morgan fingerprint density at radius 1 is 1.14 bits per heavy atom. The Hall–Kier alpha value is -1.84. The van der Waals surface area contributed by atoms with Crippen LogP contribution in [0.15, 0.2) is 29.4 Å². The Morgan fingerprint density at radius 2 is 1.76 bits per heavy atom. The van der Waals surface area contributed by atoms with E-state index in [9.17, 15) is 4.79 Å². The highest BCUT2D eigenvalue weighted by Crippen LogP contribution is 2.38. The number of carbonyl (C=O) groups is 1. The second-order valence-corrected chi connectivity index (χ2v) is 6.06. The van der Waals surface area contributed by atoms with Gasteiger partial charge in [0.15, 0.2) is 0 Å². The van der Waals surface area contributed by atoms with E-state index in [0.717, 1.165) is 31.2 Å². The van der Waals surface area contributed by atoms with Crippen molar-refractivity contribution >= 4 is 11.8 Å². The van der Waals surface area contributed by atoms with Crippen LogP contribution in [-0.2, 0) is 9.53 Å². The van der Waals surface area contributed by atoms with E-state index in [1.807, 2.05) is 24.3 Å². The molecule has 1 fully saturated rings. The van der Waals surface area contributed by atoms with Gasteiger partial charge in [-0.3, -0.25) is 4.79 Å². The van der Waals surface area contributed by atoms with Gasteiger partial charge in [-0.1, -0.05) is 30.5 Å². The van der Waals surface area contributed by atoms with Gasteiger partial charge >= 0.3 is 0 Å². The Balaban J connectivity index is 1.92. The molecule has 1 amide bonds. The van der Waals surface area contributed by atoms with Gasteiger partial charge in [-0.25, -0.2) is 0 Å². The quantitative estimate of drug-likeness (QED) is 0.791. The highest BCUT2D eigenvalue weighted by atomic mass is 16.6. The van der Waals surface area contributed by atoms with Gasteiger partial charge in [0.05, 0.1) is 0 Å². The third-order valence-corrected chi connectivity index (χ3v) is 4.35. The molecule has 1 aromatic carbocycles. The molecule has 1 heterocycles. The minimum Gasteiger partial charge on any atom is -0.447 e. The lowest BCUT2D eigenvalue weighted by Crippen LogP contribution is -2.46. The SMILES string of the molecule is CC(=O)N1N=C(c2ccc(C)cc2)OC12CCCCCC2. The molecule has 1 aliphatic heterocycles. The summed E-state index contributed by atoms with van der Waals surface area (Å²) >= 11 is 0. The van der Waals surface area contributed by atoms with Gasteiger partial charge in [0.1, 0.15) is 0 Å². The number of benzene rings is 1. The maximum Gasteiger partial charge on any atom is 0.243 e. The van der Waals surface area contributed by atoms with Crippen molar-refractivity contribution in [1.82, 2.24) is 5.01 Å². The molecule has 0 aromatic heterocycles. The van der Waals surface area contributed by atoms with Crippen molar-refractivity contribution in [3.8, 4) is 0 Å². The standard InChI is InChI=1S/C17H22N2O2/c1-13-7-9-15(10-8-13)16-18-19(14(2)20)17(21-16)11-5-3-4-6-12-17/h7-10H,3-6,11-12H2,1-2H3. The zero-order valence-electron chi connectivity index (χ0n) is 12.8. The lowest BCUT2D eigenvalue weighted by molar-refractivity contribution is -0.149. The molecule has 112 valence electrons. The van der Waals surface area contributed by atoms with Crippen molar-refractivity contribution in [2.75, 3.05) is 0 Å². The third kappa shape index (κ3) is 2.67. The van der Waals surface area contributed by atoms with E-state index in [4.69, 9.17) is 4.74 Å². The minimum atomic E-state index is -0.553. The van der Waals surface area contributed by atoms with Gasteiger partial charge in [0, 0.05) is 25.3 Å². The van der Waals surface area contributed by atoms with Gasteiger partial charge in [0.2, 0.25) is 17.5 Å². The lowest BCUT2D eigenvalue weighted by Gasteiger charge is -2.33. The van der Waals surface area contributed by atoms with Crippen LogP contribution >= 0.6 is 0 Å². The van der Waals surface area contributed by atoms with Crippen LogP contribution in [0.5, 0.6) is 0 Å². The molecule has 1 aromatic rings. The molecule has 3 rings (SSSR count). The van der Waals surface area contributed by atoms with Gasteiger partial charge in [-0.15, -0.1) is 5.10 Å². The van der Waals surface area contributed by atoms with E-state index in [1.54, 1.807) is 11.9 Å². The molecule has 0 radical (unpaired) electrons. The minimum absolute atomic E-state index is 0.0426. The normalized spacial score (nSPS) is 20.9. The van der Waals surface area contributed by atoms with Crippen LogP contribution in [0, 0.1) is 6.92 Å². The van der Waals surface area contributed by atoms with E-state index < -0.39 is 5.72 Å². The number of rotatable bonds is 1. The van der Waals surface area contributed by atoms with Gasteiger partial charge in [-0.05, 0) is 31.9 Å². The first-order chi connectivity index (χ1) is 10.1. The zero-order valence-corrected chi connectivity index (χ0v) is 12.8.